The van der Waals surface area contributed by atoms with Crippen molar-refractivity contribution in [2.75, 3.05) is 0 Å². The fraction of sp³-hybridized carbons (Fsp3) is 0.0556. The number of aromatic nitrogens is 1. The van der Waals surface area contributed by atoms with Crippen molar-refractivity contribution in [3.05, 3.63) is 99.8 Å². The van der Waals surface area contributed by atoms with Gasteiger partial charge in [-0.2, -0.15) is 0 Å². The van der Waals surface area contributed by atoms with Gasteiger partial charge >= 0.3 is 0 Å². The number of hydrogen-bond donors (Lipinski definition) is 0. The van der Waals surface area contributed by atoms with Gasteiger partial charge in [0.2, 0.25) is 0 Å². The van der Waals surface area contributed by atoms with Crippen LogP contribution in [-0.2, 0) is 4.87 Å². The first kappa shape index (κ1) is 15.4. The summed E-state index contributed by atoms with van der Waals surface area (Å²) in [6.45, 7) is 0. The van der Waals surface area contributed by atoms with E-state index in [1.165, 1.54) is 0 Å². The Kier molecular flexibility index (Phi) is 4.39. The first-order valence-electron chi connectivity index (χ1n) is 6.73. The lowest BCUT2D eigenvalue weighted by Crippen LogP contribution is -2.23. The van der Waals surface area contributed by atoms with Crippen molar-refractivity contribution in [1.29, 1.82) is 0 Å². The molecule has 0 saturated carbocycles. The lowest BCUT2D eigenvalue weighted by molar-refractivity contribution is 0.870. The smallest absolute Gasteiger partial charge is 0.122 e. The van der Waals surface area contributed by atoms with Gasteiger partial charge in [-0.15, -0.1) is 11.6 Å². The number of benzene rings is 2. The Hall–Kier alpha value is -1.54. The molecule has 0 aliphatic carbocycles. The maximum absolute atomic E-state index is 7.11. The molecule has 3 aromatic rings. The van der Waals surface area contributed by atoms with Crippen molar-refractivity contribution < 1.29 is 0 Å². The van der Waals surface area contributed by atoms with Crippen molar-refractivity contribution in [2.24, 2.45) is 0 Å². The van der Waals surface area contributed by atoms with Gasteiger partial charge in [-0.1, -0.05) is 65.7 Å². The van der Waals surface area contributed by atoms with E-state index < -0.39 is 4.87 Å². The SMILES string of the molecule is Clc1ccc(C(Cl)(c2ccccc2)c2cnccc2Cl)cc1. The third kappa shape index (κ3) is 2.72. The highest BCUT2D eigenvalue weighted by atomic mass is 35.5. The van der Waals surface area contributed by atoms with Gasteiger partial charge in [0.1, 0.15) is 4.87 Å². The molecule has 1 nitrogen and oxygen atoms in total. The zero-order valence-electron chi connectivity index (χ0n) is 11.5. The summed E-state index contributed by atoms with van der Waals surface area (Å²) in [6, 6.07) is 19.0. The molecule has 1 unspecified atom stereocenters. The van der Waals surface area contributed by atoms with Crippen LogP contribution in [0.3, 0.4) is 0 Å². The van der Waals surface area contributed by atoms with Crippen LogP contribution in [0.25, 0.3) is 0 Å². The molecule has 0 radical (unpaired) electrons. The van der Waals surface area contributed by atoms with Gasteiger partial charge in [0.15, 0.2) is 0 Å². The highest BCUT2D eigenvalue weighted by Gasteiger charge is 2.36. The van der Waals surface area contributed by atoms with Crippen molar-refractivity contribution in [3.63, 3.8) is 0 Å². The molecule has 2 aromatic carbocycles. The Morgan fingerprint density at radius 2 is 1.41 bits per heavy atom. The highest BCUT2D eigenvalue weighted by Crippen LogP contribution is 2.45. The van der Waals surface area contributed by atoms with Gasteiger partial charge in [0, 0.05) is 28.0 Å². The summed E-state index contributed by atoms with van der Waals surface area (Å²) in [5.41, 5.74) is 2.56. The molecule has 0 aliphatic heterocycles. The Bertz CT molecular complexity index is 772. The maximum Gasteiger partial charge on any atom is 0.122 e. The summed E-state index contributed by atoms with van der Waals surface area (Å²) in [5, 5.41) is 1.23. The minimum absolute atomic E-state index is 0.573. The number of rotatable bonds is 3. The average molecular weight is 349 g/mol. The van der Waals surface area contributed by atoms with Crippen LogP contribution < -0.4 is 0 Å². The second-order valence-corrected chi connectivity index (χ2v) is 6.30. The molecule has 1 aromatic heterocycles. The summed E-state index contributed by atoms with van der Waals surface area (Å²) in [6.07, 6.45) is 3.35. The first-order valence-corrected chi connectivity index (χ1v) is 7.86. The molecular formula is C18H12Cl3N. The Morgan fingerprint density at radius 1 is 0.773 bits per heavy atom. The number of pyridine rings is 1. The van der Waals surface area contributed by atoms with Gasteiger partial charge in [0.25, 0.3) is 0 Å². The molecule has 0 spiro atoms. The molecule has 1 atom stereocenters. The Labute approximate surface area is 144 Å². The monoisotopic (exact) mass is 347 g/mol. The summed E-state index contributed by atoms with van der Waals surface area (Å²) >= 11 is 19.5. The van der Waals surface area contributed by atoms with Gasteiger partial charge in [-0.3, -0.25) is 4.98 Å². The number of alkyl halides is 1. The molecule has 0 N–H and O–H groups in total. The van der Waals surface area contributed by atoms with Gasteiger partial charge in [-0.05, 0) is 29.3 Å². The second-order valence-electron chi connectivity index (χ2n) is 4.89. The van der Waals surface area contributed by atoms with Gasteiger partial charge in [-0.25, -0.2) is 0 Å². The molecule has 1 heterocycles. The van der Waals surface area contributed by atoms with Crippen molar-refractivity contribution >= 4 is 34.8 Å². The molecule has 0 saturated heterocycles. The van der Waals surface area contributed by atoms with E-state index in [4.69, 9.17) is 34.8 Å². The largest absolute Gasteiger partial charge is 0.264 e. The standard InChI is InChI=1S/C18H12Cl3N/c19-15-8-6-14(7-9-15)18(21,13-4-2-1-3-5-13)16-12-22-11-10-17(16)20/h1-12H. The topological polar surface area (TPSA) is 12.9 Å². The highest BCUT2D eigenvalue weighted by molar-refractivity contribution is 6.35. The van der Waals surface area contributed by atoms with Crippen LogP contribution in [0.1, 0.15) is 16.7 Å². The molecule has 4 heteroatoms. The quantitative estimate of drug-likeness (QED) is 0.535. The van der Waals surface area contributed by atoms with Crippen molar-refractivity contribution in [3.8, 4) is 0 Å². The van der Waals surface area contributed by atoms with Crippen LogP contribution in [0.2, 0.25) is 10.0 Å². The van der Waals surface area contributed by atoms with Crippen LogP contribution in [0.5, 0.6) is 0 Å². The maximum atomic E-state index is 7.11. The van der Waals surface area contributed by atoms with Crippen molar-refractivity contribution in [2.45, 2.75) is 4.87 Å². The van der Waals surface area contributed by atoms with E-state index in [0.29, 0.717) is 10.0 Å². The summed E-state index contributed by atoms with van der Waals surface area (Å²) in [4.78, 5) is 3.27. The summed E-state index contributed by atoms with van der Waals surface area (Å²) in [7, 11) is 0. The molecule has 110 valence electrons. The minimum atomic E-state index is -0.919. The molecule has 22 heavy (non-hydrogen) atoms. The average Bonchev–Trinajstić information content (AvgIpc) is 2.56. The Balaban J connectivity index is 2.27. The van der Waals surface area contributed by atoms with E-state index in [2.05, 4.69) is 4.98 Å². The van der Waals surface area contributed by atoms with Gasteiger partial charge < -0.3 is 0 Å². The van der Waals surface area contributed by atoms with Crippen LogP contribution in [-0.4, -0.2) is 4.98 Å². The molecular weight excluding hydrogens is 337 g/mol. The third-order valence-electron chi connectivity index (χ3n) is 3.55. The fourth-order valence-corrected chi connectivity index (χ4v) is 3.28. The molecule has 0 aliphatic rings. The minimum Gasteiger partial charge on any atom is -0.264 e. The fourth-order valence-electron chi connectivity index (χ4n) is 2.46. The zero-order chi connectivity index (χ0) is 15.6. The predicted molar refractivity (Wildman–Crippen MR) is 92.9 cm³/mol. The van der Waals surface area contributed by atoms with Crippen LogP contribution >= 0.6 is 34.8 Å². The third-order valence-corrected chi connectivity index (χ3v) is 4.77. The van der Waals surface area contributed by atoms with Crippen LogP contribution in [0, 0.1) is 0 Å². The van der Waals surface area contributed by atoms with E-state index in [0.717, 1.165) is 16.7 Å². The van der Waals surface area contributed by atoms with Crippen LogP contribution in [0.4, 0.5) is 0 Å². The predicted octanol–water partition coefficient (Wildman–Crippen LogP) is 5.92. The molecule has 0 bridgehead atoms. The normalized spacial score (nSPS) is 13.6. The second kappa shape index (κ2) is 6.29. The lowest BCUT2D eigenvalue weighted by Gasteiger charge is -2.29. The van der Waals surface area contributed by atoms with E-state index in [1.807, 2.05) is 54.6 Å². The summed E-state index contributed by atoms with van der Waals surface area (Å²) < 4.78 is 0. The number of nitrogens with zero attached hydrogens (tertiary/aromatic N) is 1. The van der Waals surface area contributed by atoms with E-state index >= 15 is 0 Å². The number of halogens is 3. The van der Waals surface area contributed by atoms with Gasteiger partial charge in [0.05, 0.1) is 0 Å². The van der Waals surface area contributed by atoms with E-state index in [-0.39, 0.29) is 0 Å². The molecule has 0 fully saturated rings. The summed E-state index contributed by atoms with van der Waals surface area (Å²) in [5.74, 6) is 0. The van der Waals surface area contributed by atoms with Crippen LogP contribution in [0.15, 0.2) is 73.1 Å². The number of hydrogen-bond acceptors (Lipinski definition) is 1. The van der Waals surface area contributed by atoms with E-state index in [9.17, 15) is 0 Å². The zero-order valence-corrected chi connectivity index (χ0v) is 13.8. The lowest BCUT2D eigenvalue weighted by atomic mass is 9.85. The van der Waals surface area contributed by atoms with E-state index in [1.54, 1.807) is 18.5 Å². The Morgan fingerprint density at radius 3 is 2.05 bits per heavy atom. The molecule has 0 amide bonds. The van der Waals surface area contributed by atoms with Crippen molar-refractivity contribution in [1.82, 2.24) is 4.98 Å². The first-order chi connectivity index (χ1) is 10.6. The molecule has 3 rings (SSSR count).